The first-order chi connectivity index (χ1) is 8.06. The molecule has 90 valence electrons. The number of hydrogen-bond acceptors (Lipinski definition) is 4. The summed E-state index contributed by atoms with van der Waals surface area (Å²) in [6.07, 6.45) is 0.510. The number of nitrogens with zero attached hydrogens (tertiary/aromatic N) is 1. The van der Waals surface area contributed by atoms with Gasteiger partial charge in [-0.3, -0.25) is 9.78 Å². The van der Waals surface area contributed by atoms with E-state index in [0.29, 0.717) is 24.1 Å². The molecule has 0 bridgehead atoms. The number of carbonyl (C=O) groups excluding carboxylic acids is 1. The van der Waals surface area contributed by atoms with Crippen LogP contribution >= 0.6 is 0 Å². The van der Waals surface area contributed by atoms with Gasteiger partial charge < -0.3 is 9.32 Å². The summed E-state index contributed by atoms with van der Waals surface area (Å²) in [5.74, 6) is -0.293. The van der Waals surface area contributed by atoms with Crippen molar-refractivity contribution in [2.45, 2.75) is 13.3 Å². The Kier molecular flexibility index (Phi) is 2.99. The van der Waals surface area contributed by atoms with E-state index >= 15 is 0 Å². The van der Waals surface area contributed by atoms with E-state index in [1.807, 2.05) is 24.1 Å². The number of fused-ring (bicyclic) bond motifs is 1. The average molecular weight is 234 g/mol. The highest BCUT2D eigenvalue weighted by Gasteiger charge is 2.06. The van der Waals surface area contributed by atoms with Crippen LogP contribution in [0.15, 0.2) is 27.4 Å². The molecule has 0 radical (unpaired) electrons. The number of aromatic nitrogens is 1. The quantitative estimate of drug-likeness (QED) is 0.871. The van der Waals surface area contributed by atoms with Gasteiger partial charge in [0.15, 0.2) is 5.58 Å². The zero-order valence-electron chi connectivity index (χ0n) is 9.82. The van der Waals surface area contributed by atoms with Gasteiger partial charge >= 0.3 is 5.76 Å². The first-order valence-corrected chi connectivity index (χ1v) is 5.40. The zero-order valence-corrected chi connectivity index (χ0v) is 9.82. The lowest BCUT2D eigenvalue weighted by atomic mass is 10.2. The molecule has 0 amide bonds. The number of carbonyl (C=O) groups is 1. The van der Waals surface area contributed by atoms with Gasteiger partial charge in [-0.2, -0.15) is 0 Å². The van der Waals surface area contributed by atoms with Crippen molar-refractivity contribution in [3.8, 4) is 0 Å². The van der Waals surface area contributed by atoms with Crippen molar-refractivity contribution in [3.63, 3.8) is 0 Å². The molecule has 1 N–H and O–H groups in total. The lowest BCUT2D eigenvalue weighted by Gasteiger charge is -2.18. The molecule has 0 saturated heterocycles. The van der Waals surface area contributed by atoms with Crippen LogP contribution in [0.25, 0.3) is 11.1 Å². The molecule has 5 nitrogen and oxygen atoms in total. The monoisotopic (exact) mass is 234 g/mol. The predicted molar refractivity (Wildman–Crippen MR) is 65.4 cm³/mol. The Morgan fingerprint density at radius 1 is 1.47 bits per heavy atom. The number of rotatable bonds is 4. The summed E-state index contributed by atoms with van der Waals surface area (Å²) in [5.41, 5.74) is 2.15. The van der Waals surface area contributed by atoms with E-state index in [1.165, 1.54) is 0 Å². The molecule has 2 rings (SSSR count). The van der Waals surface area contributed by atoms with Crippen LogP contribution in [0.3, 0.4) is 0 Å². The van der Waals surface area contributed by atoms with Crippen LogP contribution in [-0.4, -0.2) is 24.4 Å². The van der Waals surface area contributed by atoms with E-state index in [9.17, 15) is 9.59 Å². The summed E-state index contributed by atoms with van der Waals surface area (Å²) in [6, 6.07) is 5.44. The van der Waals surface area contributed by atoms with Gasteiger partial charge in [-0.1, -0.05) is 0 Å². The molecule has 0 aliphatic heterocycles. The Bertz CT molecular complexity index is 597. The third kappa shape index (κ3) is 2.55. The SMILES string of the molecule is CC(=O)CCN(C)c1ccc2oc(=O)[nH]c2c1. The normalized spacial score (nSPS) is 10.7. The Morgan fingerprint density at radius 2 is 2.24 bits per heavy atom. The van der Waals surface area contributed by atoms with Crippen LogP contribution in [0.2, 0.25) is 0 Å². The van der Waals surface area contributed by atoms with Gasteiger partial charge in [-0.05, 0) is 25.1 Å². The minimum absolute atomic E-state index is 0.162. The van der Waals surface area contributed by atoms with Crippen LogP contribution in [0.5, 0.6) is 0 Å². The average Bonchev–Trinajstić information content (AvgIpc) is 2.64. The van der Waals surface area contributed by atoms with Gasteiger partial charge in [0.25, 0.3) is 0 Å². The summed E-state index contributed by atoms with van der Waals surface area (Å²) in [4.78, 5) is 26.5. The van der Waals surface area contributed by atoms with Gasteiger partial charge in [-0.25, -0.2) is 4.79 Å². The fraction of sp³-hybridized carbons (Fsp3) is 0.333. The maximum Gasteiger partial charge on any atom is 0.417 e. The highest BCUT2D eigenvalue weighted by Crippen LogP contribution is 2.19. The molecule has 17 heavy (non-hydrogen) atoms. The number of aromatic amines is 1. The molecule has 0 atom stereocenters. The lowest BCUT2D eigenvalue weighted by molar-refractivity contribution is -0.116. The number of H-pyrrole nitrogens is 1. The minimum atomic E-state index is -0.455. The molecule has 0 spiro atoms. The van der Waals surface area contributed by atoms with Gasteiger partial charge in [-0.15, -0.1) is 0 Å². The summed E-state index contributed by atoms with van der Waals surface area (Å²) >= 11 is 0. The van der Waals surface area contributed by atoms with E-state index in [0.717, 1.165) is 5.69 Å². The zero-order chi connectivity index (χ0) is 12.4. The summed E-state index contributed by atoms with van der Waals surface area (Å²) in [7, 11) is 1.91. The van der Waals surface area contributed by atoms with Crippen molar-refractivity contribution in [2.24, 2.45) is 0 Å². The van der Waals surface area contributed by atoms with Crippen LogP contribution < -0.4 is 10.7 Å². The van der Waals surface area contributed by atoms with Crippen LogP contribution in [0.4, 0.5) is 5.69 Å². The standard InChI is InChI=1S/C12H14N2O3/c1-8(15)5-6-14(2)9-3-4-11-10(7-9)13-12(16)17-11/h3-4,7H,5-6H2,1-2H3,(H,13,16). The van der Waals surface area contributed by atoms with E-state index < -0.39 is 5.76 Å². The number of oxazole rings is 1. The van der Waals surface area contributed by atoms with Crippen LogP contribution in [0.1, 0.15) is 13.3 Å². The lowest BCUT2D eigenvalue weighted by Crippen LogP contribution is -2.20. The summed E-state index contributed by atoms with van der Waals surface area (Å²) in [6.45, 7) is 2.23. The van der Waals surface area contributed by atoms with Crippen molar-refractivity contribution >= 4 is 22.6 Å². The van der Waals surface area contributed by atoms with Crippen molar-refractivity contribution in [1.82, 2.24) is 4.98 Å². The van der Waals surface area contributed by atoms with E-state index in [4.69, 9.17) is 4.42 Å². The topological polar surface area (TPSA) is 66.3 Å². The molecular weight excluding hydrogens is 220 g/mol. The largest absolute Gasteiger partial charge is 0.417 e. The second kappa shape index (κ2) is 4.45. The molecule has 0 unspecified atom stereocenters. The van der Waals surface area contributed by atoms with Gasteiger partial charge in [0, 0.05) is 25.7 Å². The summed E-state index contributed by atoms with van der Waals surface area (Å²) in [5, 5.41) is 0. The van der Waals surface area contributed by atoms with E-state index in [-0.39, 0.29) is 5.78 Å². The maximum absolute atomic E-state index is 11.0. The number of benzene rings is 1. The number of Topliss-reactive ketones (excluding diaryl/α,β-unsaturated/α-hetero) is 1. The van der Waals surface area contributed by atoms with Crippen molar-refractivity contribution in [3.05, 3.63) is 28.7 Å². The van der Waals surface area contributed by atoms with E-state index in [2.05, 4.69) is 4.98 Å². The predicted octanol–water partition coefficient (Wildman–Crippen LogP) is 1.54. The Labute approximate surface area is 98.0 Å². The highest BCUT2D eigenvalue weighted by molar-refractivity contribution is 5.78. The molecule has 0 aliphatic carbocycles. The second-order valence-corrected chi connectivity index (χ2v) is 4.07. The highest BCUT2D eigenvalue weighted by atomic mass is 16.4. The number of nitrogens with one attached hydrogen (secondary N) is 1. The fourth-order valence-electron chi connectivity index (χ4n) is 1.63. The van der Waals surface area contributed by atoms with Crippen LogP contribution in [-0.2, 0) is 4.79 Å². The maximum atomic E-state index is 11.0. The van der Waals surface area contributed by atoms with Gasteiger partial charge in [0.2, 0.25) is 0 Å². The summed E-state index contributed by atoms with van der Waals surface area (Å²) < 4.78 is 4.92. The smallest absolute Gasteiger partial charge is 0.408 e. The molecule has 1 heterocycles. The number of ketones is 1. The minimum Gasteiger partial charge on any atom is -0.408 e. The fourth-order valence-corrected chi connectivity index (χ4v) is 1.63. The molecule has 2 aromatic rings. The number of anilines is 1. The van der Waals surface area contributed by atoms with Gasteiger partial charge in [0.05, 0.1) is 5.52 Å². The Balaban J connectivity index is 2.23. The van der Waals surface area contributed by atoms with Gasteiger partial charge in [0.1, 0.15) is 5.78 Å². The van der Waals surface area contributed by atoms with Crippen molar-refractivity contribution in [1.29, 1.82) is 0 Å². The number of hydrogen-bond donors (Lipinski definition) is 1. The second-order valence-electron chi connectivity index (χ2n) is 4.07. The Morgan fingerprint density at radius 3 is 2.94 bits per heavy atom. The molecule has 0 aliphatic rings. The van der Waals surface area contributed by atoms with Crippen LogP contribution in [0, 0.1) is 0 Å². The molecule has 1 aromatic carbocycles. The van der Waals surface area contributed by atoms with Crippen molar-refractivity contribution < 1.29 is 9.21 Å². The third-order valence-corrected chi connectivity index (χ3v) is 2.64. The molecule has 5 heteroatoms. The molecule has 0 saturated carbocycles. The molecule has 1 aromatic heterocycles. The Hall–Kier alpha value is -2.04. The van der Waals surface area contributed by atoms with E-state index in [1.54, 1.807) is 13.0 Å². The molecular formula is C12H14N2O3. The molecule has 0 fully saturated rings. The first-order valence-electron chi connectivity index (χ1n) is 5.40. The first kappa shape index (κ1) is 11.4. The third-order valence-electron chi connectivity index (χ3n) is 2.64. The van der Waals surface area contributed by atoms with Crippen molar-refractivity contribution in [2.75, 3.05) is 18.5 Å².